The summed E-state index contributed by atoms with van der Waals surface area (Å²) in [5, 5.41) is 26.1. The third-order valence-corrected chi connectivity index (χ3v) is 4.84. The molecule has 2 atom stereocenters. The van der Waals surface area contributed by atoms with Crippen LogP contribution in [0.4, 0.5) is 0 Å². The van der Waals surface area contributed by atoms with Crippen LogP contribution in [0.5, 0.6) is 0 Å². The second-order valence-corrected chi connectivity index (χ2v) is 6.76. The highest BCUT2D eigenvalue weighted by atomic mass is 16.5. The Hall–Kier alpha value is -3.04. The quantitative estimate of drug-likeness (QED) is 0.354. The van der Waals surface area contributed by atoms with Crippen LogP contribution < -0.4 is 5.48 Å². The van der Waals surface area contributed by atoms with E-state index in [4.69, 9.17) is 5.21 Å². The topological polar surface area (TPSA) is 121 Å². The Balaban J connectivity index is 1.60. The van der Waals surface area contributed by atoms with Gasteiger partial charge in [-0.3, -0.25) is 19.7 Å². The van der Waals surface area contributed by atoms with E-state index < -0.39 is 17.9 Å². The smallest absolute Gasteiger partial charge is 0.321 e. The van der Waals surface area contributed by atoms with Crippen molar-refractivity contribution in [2.75, 3.05) is 13.1 Å². The maximum absolute atomic E-state index is 11.7. The zero-order valence-corrected chi connectivity index (χ0v) is 15.3. The molecule has 9 heteroatoms. The molecule has 1 fully saturated rings. The molecule has 0 unspecified atom stereocenters. The number of hydrogen-bond acceptors (Lipinski definition) is 6. The van der Waals surface area contributed by atoms with Crippen LogP contribution in [0, 0.1) is 0 Å². The number of aliphatic carboxylic acids is 1. The van der Waals surface area contributed by atoms with Crippen LogP contribution in [0.15, 0.2) is 42.6 Å². The summed E-state index contributed by atoms with van der Waals surface area (Å²) in [5.74, 6) is -1.49. The van der Waals surface area contributed by atoms with Gasteiger partial charge in [0.05, 0.1) is 12.2 Å². The molecule has 148 valence electrons. The van der Waals surface area contributed by atoms with Crippen molar-refractivity contribution >= 4 is 18.0 Å². The average Bonchev–Trinajstić information content (AvgIpc) is 3.34. The first kappa shape index (κ1) is 19.7. The number of amides is 1. The summed E-state index contributed by atoms with van der Waals surface area (Å²) >= 11 is 0. The third kappa shape index (κ3) is 5.02. The molecule has 9 nitrogen and oxygen atoms in total. The fourth-order valence-corrected chi connectivity index (χ4v) is 3.45. The van der Waals surface area contributed by atoms with E-state index in [1.54, 1.807) is 10.9 Å². The summed E-state index contributed by atoms with van der Waals surface area (Å²) in [5.41, 5.74) is 3.20. The first-order valence-corrected chi connectivity index (χ1v) is 9.11. The van der Waals surface area contributed by atoms with Crippen LogP contribution in [0.25, 0.3) is 6.08 Å². The molecule has 3 N–H and O–H groups in total. The van der Waals surface area contributed by atoms with Gasteiger partial charge in [-0.15, -0.1) is 5.10 Å². The number of carboxylic acids is 1. The Morgan fingerprint density at radius 1 is 1.29 bits per heavy atom. The minimum absolute atomic E-state index is 0.0980. The highest BCUT2D eigenvalue weighted by Crippen LogP contribution is 2.27. The van der Waals surface area contributed by atoms with Crippen LogP contribution in [0.3, 0.4) is 0 Å². The van der Waals surface area contributed by atoms with Gasteiger partial charge in [0.15, 0.2) is 0 Å². The molecule has 0 aliphatic carbocycles. The van der Waals surface area contributed by atoms with Gasteiger partial charge in [-0.05, 0) is 37.4 Å². The van der Waals surface area contributed by atoms with Crippen molar-refractivity contribution in [3.05, 3.63) is 53.9 Å². The van der Waals surface area contributed by atoms with Gasteiger partial charge in [0.25, 0.3) is 5.91 Å². The lowest BCUT2D eigenvalue weighted by atomic mass is 10.1. The van der Waals surface area contributed by atoms with Crippen molar-refractivity contribution in [3.8, 4) is 0 Å². The number of carboxylic acid groups (broad SMARTS) is 1. The predicted molar refractivity (Wildman–Crippen MR) is 100 cm³/mol. The molecular weight excluding hydrogens is 362 g/mol. The largest absolute Gasteiger partial charge is 0.480 e. The number of carbonyl (C=O) groups excluding carboxylic acids is 1. The predicted octanol–water partition coefficient (Wildman–Crippen LogP) is 1.13. The number of nitrogens with zero attached hydrogens (tertiary/aromatic N) is 4. The summed E-state index contributed by atoms with van der Waals surface area (Å²) in [6.07, 6.45) is 6.46. The van der Waals surface area contributed by atoms with Crippen molar-refractivity contribution in [2.24, 2.45) is 0 Å². The zero-order chi connectivity index (χ0) is 19.9. The van der Waals surface area contributed by atoms with Crippen molar-refractivity contribution in [1.29, 1.82) is 0 Å². The number of rotatable bonds is 8. The van der Waals surface area contributed by atoms with Gasteiger partial charge >= 0.3 is 5.97 Å². The lowest BCUT2D eigenvalue weighted by Gasteiger charge is -2.20. The molecule has 0 saturated carbocycles. The van der Waals surface area contributed by atoms with Crippen LogP contribution in [-0.4, -0.2) is 61.2 Å². The van der Waals surface area contributed by atoms with E-state index in [1.165, 1.54) is 17.1 Å². The van der Waals surface area contributed by atoms with Crippen molar-refractivity contribution in [1.82, 2.24) is 25.4 Å². The minimum Gasteiger partial charge on any atom is -0.480 e. The van der Waals surface area contributed by atoms with Crippen LogP contribution >= 0.6 is 0 Å². The number of carbonyl (C=O) groups is 2. The van der Waals surface area contributed by atoms with E-state index in [-0.39, 0.29) is 6.04 Å². The highest BCUT2D eigenvalue weighted by molar-refractivity contribution is 5.90. The SMILES string of the molecule is O=C(/C=C/c1cn([C@@H]2C[C@H](C(=O)O)N(CCCc3ccccc3)C2)nn1)NO. The molecule has 1 aromatic carbocycles. The number of aryl methyl sites for hydroxylation is 1. The summed E-state index contributed by atoms with van der Waals surface area (Å²) < 4.78 is 1.64. The molecule has 2 aromatic rings. The lowest BCUT2D eigenvalue weighted by Crippen LogP contribution is -2.36. The molecule has 0 bridgehead atoms. The Morgan fingerprint density at radius 3 is 2.79 bits per heavy atom. The van der Waals surface area contributed by atoms with Gasteiger partial charge in [0, 0.05) is 12.6 Å². The number of hydrogen-bond donors (Lipinski definition) is 3. The first-order chi connectivity index (χ1) is 13.6. The van der Waals surface area contributed by atoms with Crippen molar-refractivity contribution < 1.29 is 19.9 Å². The van der Waals surface area contributed by atoms with Crippen LogP contribution in [-0.2, 0) is 16.0 Å². The normalized spacial score (nSPS) is 19.9. The number of hydroxylamine groups is 1. The van der Waals surface area contributed by atoms with E-state index in [2.05, 4.69) is 22.4 Å². The number of nitrogens with one attached hydrogen (secondary N) is 1. The molecule has 0 radical (unpaired) electrons. The maximum Gasteiger partial charge on any atom is 0.321 e. The second-order valence-electron chi connectivity index (χ2n) is 6.76. The fourth-order valence-electron chi connectivity index (χ4n) is 3.45. The van der Waals surface area contributed by atoms with Gasteiger partial charge in [-0.25, -0.2) is 10.2 Å². The van der Waals surface area contributed by atoms with E-state index in [0.717, 1.165) is 18.9 Å². The van der Waals surface area contributed by atoms with Gasteiger partial charge in [0.1, 0.15) is 11.7 Å². The Morgan fingerprint density at radius 2 is 2.07 bits per heavy atom. The van der Waals surface area contributed by atoms with Crippen molar-refractivity contribution in [3.63, 3.8) is 0 Å². The Kier molecular flexibility index (Phi) is 6.51. The van der Waals surface area contributed by atoms with Crippen LogP contribution in [0.2, 0.25) is 0 Å². The van der Waals surface area contributed by atoms with E-state index in [0.29, 0.717) is 25.2 Å². The van der Waals surface area contributed by atoms with Crippen molar-refractivity contribution in [2.45, 2.75) is 31.3 Å². The van der Waals surface area contributed by atoms with E-state index in [1.807, 2.05) is 23.1 Å². The third-order valence-electron chi connectivity index (χ3n) is 4.84. The molecule has 3 rings (SSSR count). The average molecular weight is 385 g/mol. The number of likely N-dealkylation sites (tertiary alicyclic amines) is 1. The van der Waals surface area contributed by atoms with Gasteiger partial charge in [0.2, 0.25) is 0 Å². The summed E-state index contributed by atoms with van der Waals surface area (Å²) in [7, 11) is 0. The lowest BCUT2D eigenvalue weighted by molar-refractivity contribution is -0.142. The fraction of sp³-hybridized carbons (Fsp3) is 0.368. The molecule has 1 amide bonds. The molecule has 1 aliphatic rings. The molecule has 28 heavy (non-hydrogen) atoms. The van der Waals surface area contributed by atoms with Gasteiger partial charge in [-0.1, -0.05) is 35.5 Å². The van der Waals surface area contributed by atoms with E-state index >= 15 is 0 Å². The zero-order valence-electron chi connectivity index (χ0n) is 15.3. The molecule has 1 saturated heterocycles. The molecule has 2 heterocycles. The number of benzene rings is 1. The standard InChI is InChI=1S/C19H23N5O4/c25-18(21-28)9-8-15-12-24(22-20-15)16-11-17(19(26)27)23(13-16)10-4-7-14-5-2-1-3-6-14/h1-3,5-6,8-9,12,16-17,28H,4,7,10-11,13H2,(H,21,25)(H,26,27)/b9-8+/t16-,17-/m1/s1. The first-order valence-electron chi connectivity index (χ1n) is 9.11. The van der Waals surface area contributed by atoms with E-state index in [9.17, 15) is 14.7 Å². The summed E-state index contributed by atoms with van der Waals surface area (Å²) in [4.78, 5) is 24.7. The second kappa shape index (κ2) is 9.25. The van der Waals surface area contributed by atoms with Gasteiger partial charge in [-0.2, -0.15) is 0 Å². The molecule has 0 spiro atoms. The Bertz CT molecular complexity index is 836. The highest BCUT2D eigenvalue weighted by Gasteiger charge is 2.37. The Labute approximate surface area is 162 Å². The molecule has 1 aromatic heterocycles. The summed E-state index contributed by atoms with van der Waals surface area (Å²) in [6, 6.07) is 9.48. The van der Waals surface area contributed by atoms with Gasteiger partial charge < -0.3 is 5.11 Å². The minimum atomic E-state index is -0.831. The number of aromatic nitrogens is 3. The molecule has 1 aliphatic heterocycles. The summed E-state index contributed by atoms with van der Waals surface area (Å²) in [6.45, 7) is 1.27. The monoisotopic (exact) mass is 385 g/mol. The van der Waals surface area contributed by atoms with Crippen LogP contribution in [0.1, 0.15) is 30.1 Å². The maximum atomic E-state index is 11.7. The molecular formula is C19H23N5O4.